The predicted molar refractivity (Wildman–Crippen MR) is 89.2 cm³/mol. The third-order valence-corrected chi connectivity index (χ3v) is 4.23. The third kappa shape index (κ3) is 3.84. The molecule has 24 heavy (non-hydrogen) atoms. The lowest BCUT2D eigenvalue weighted by atomic mass is 10.1. The summed E-state index contributed by atoms with van der Waals surface area (Å²) in [5, 5.41) is 9.02. The van der Waals surface area contributed by atoms with Crippen LogP contribution in [0.15, 0.2) is 24.3 Å². The smallest absolute Gasteiger partial charge is 0.335 e. The van der Waals surface area contributed by atoms with E-state index in [1.165, 1.54) is 12.1 Å². The number of carbonyl (C=O) groups excluding carboxylic acids is 2. The number of aromatic carboxylic acids is 1. The van der Waals surface area contributed by atoms with Crippen LogP contribution in [-0.4, -0.2) is 77.0 Å². The first kappa shape index (κ1) is 17.8. The topological polar surface area (TPSA) is 81.2 Å². The highest BCUT2D eigenvalue weighted by Crippen LogP contribution is 2.12. The van der Waals surface area contributed by atoms with Crippen molar-refractivity contribution in [2.75, 3.05) is 39.3 Å². The zero-order chi connectivity index (χ0) is 17.7. The summed E-state index contributed by atoms with van der Waals surface area (Å²) in [7, 11) is 0. The van der Waals surface area contributed by atoms with Crippen LogP contribution in [0.25, 0.3) is 0 Å². The van der Waals surface area contributed by atoms with E-state index in [0.717, 1.165) is 0 Å². The molecule has 3 amide bonds. The molecule has 1 aromatic carbocycles. The second-order valence-electron chi connectivity index (χ2n) is 5.62. The van der Waals surface area contributed by atoms with Gasteiger partial charge in [-0.05, 0) is 32.0 Å². The quantitative estimate of drug-likeness (QED) is 0.907. The van der Waals surface area contributed by atoms with Crippen molar-refractivity contribution >= 4 is 17.9 Å². The summed E-state index contributed by atoms with van der Waals surface area (Å²) in [6, 6.07) is 6.02. The van der Waals surface area contributed by atoms with E-state index in [2.05, 4.69) is 0 Å². The molecule has 1 N–H and O–H groups in total. The minimum absolute atomic E-state index is 0.0000245. The molecule has 1 saturated heterocycles. The van der Waals surface area contributed by atoms with E-state index in [-0.39, 0.29) is 17.5 Å². The Labute approximate surface area is 141 Å². The molecule has 0 aliphatic carbocycles. The second kappa shape index (κ2) is 7.81. The molecule has 130 valence electrons. The van der Waals surface area contributed by atoms with E-state index in [9.17, 15) is 14.4 Å². The highest BCUT2D eigenvalue weighted by molar-refractivity contribution is 5.97. The summed E-state index contributed by atoms with van der Waals surface area (Å²) < 4.78 is 0. The largest absolute Gasteiger partial charge is 0.478 e. The maximum absolute atomic E-state index is 12.5. The van der Waals surface area contributed by atoms with E-state index in [0.29, 0.717) is 44.8 Å². The van der Waals surface area contributed by atoms with Gasteiger partial charge in [0.15, 0.2) is 0 Å². The number of rotatable bonds is 4. The first-order valence-corrected chi connectivity index (χ1v) is 8.14. The Hall–Kier alpha value is -2.57. The Morgan fingerprint density at radius 1 is 1.00 bits per heavy atom. The number of piperazine rings is 1. The number of carboxylic acids is 1. The number of amides is 3. The van der Waals surface area contributed by atoms with Crippen LogP contribution in [0, 0.1) is 0 Å². The van der Waals surface area contributed by atoms with Gasteiger partial charge in [0.05, 0.1) is 5.56 Å². The van der Waals surface area contributed by atoms with Crippen molar-refractivity contribution in [3.05, 3.63) is 35.4 Å². The molecule has 7 nitrogen and oxygen atoms in total. The molecule has 1 fully saturated rings. The number of hydrogen-bond acceptors (Lipinski definition) is 3. The normalized spacial score (nSPS) is 14.4. The molecule has 0 radical (unpaired) electrons. The molecule has 1 aromatic rings. The van der Waals surface area contributed by atoms with Crippen LogP contribution in [-0.2, 0) is 0 Å². The summed E-state index contributed by atoms with van der Waals surface area (Å²) in [4.78, 5) is 41.0. The van der Waals surface area contributed by atoms with E-state index >= 15 is 0 Å². The first-order chi connectivity index (χ1) is 11.5. The van der Waals surface area contributed by atoms with Gasteiger partial charge in [0.1, 0.15) is 0 Å². The fourth-order valence-corrected chi connectivity index (χ4v) is 2.76. The van der Waals surface area contributed by atoms with Crippen LogP contribution in [0.2, 0.25) is 0 Å². The van der Waals surface area contributed by atoms with Crippen molar-refractivity contribution in [1.29, 1.82) is 0 Å². The van der Waals surface area contributed by atoms with Gasteiger partial charge in [-0.2, -0.15) is 0 Å². The summed E-state index contributed by atoms with van der Waals surface area (Å²) >= 11 is 0. The minimum atomic E-state index is -1.06. The van der Waals surface area contributed by atoms with Crippen molar-refractivity contribution in [3.8, 4) is 0 Å². The number of urea groups is 1. The Morgan fingerprint density at radius 3 is 2.08 bits per heavy atom. The molecule has 7 heteroatoms. The molecule has 0 bridgehead atoms. The summed E-state index contributed by atoms with van der Waals surface area (Å²) in [6.07, 6.45) is 0. The van der Waals surface area contributed by atoms with E-state index in [1.807, 2.05) is 13.8 Å². The lowest BCUT2D eigenvalue weighted by Crippen LogP contribution is -2.54. The van der Waals surface area contributed by atoms with Crippen LogP contribution in [0.5, 0.6) is 0 Å². The maximum Gasteiger partial charge on any atom is 0.335 e. The second-order valence-corrected chi connectivity index (χ2v) is 5.62. The fraction of sp³-hybridized carbons (Fsp3) is 0.471. The average Bonchev–Trinajstić information content (AvgIpc) is 2.62. The van der Waals surface area contributed by atoms with Gasteiger partial charge in [-0.1, -0.05) is 6.07 Å². The molecule has 1 aliphatic rings. The Morgan fingerprint density at radius 2 is 1.54 bits per heavy atom. The van der Waals surface area contributed by atoms with E-state index < -0.39 is 5.97 Å². The minimum Gasteiger partial charge on any atom is -0.478 e. The predicted octanol–water partition coefficient (Wildman–Crippen LogP) is 1.60. The standard InChI is InChI=1S/C17H23N3O4/c1-3-18(4-2)17(24)20-10-8-19(9-11-20)15(21)13-6-5-7-14(12-13)16(22)23/h5-7,12H,3-4,8-11H2,1-2H3,(H,22,23). The van der Waals surface area contributed by atoms with Gasteiger partial charge < -0.3 is 19.8 Å². The highest BCUT2D eigenvalue weighted by Gasteiger charge is 2.26. The van der Waals surface area contributed by atoms with Gasteiger partial charge in [-0.25, -0.2) is 9.59 Å². The van der Waals surface area contributed by atoms with Gasteiger partial charge >= 0.3 is 12.0 Å². The monoisotopic (exact) mass is 333 g/mol. The maximum atomic E-state index is 12.5. The number of carboxylic acid groups (broad SMARTS) is 1. The number of benzene rings is 1. The van der Waals surface area contributed by atoms with Crippen molar-refractivity contribution < 1.29 is 19.5 Å². The SMILES string of the molecule is CCN(CC)C(=O)N1CCN(C(=O)c2cccc(C(=O)O)c2)CC1. The molecule has 2 rings (SSSR count). The Bertz CT molecular complexity index is 620. The molecule has 1 aliphatic heterocycles. The summed E-state index contributed by atoms with van der Waals surface area (Å²) in [5.41, 5.74) is 0.453. The molecule has 0 atom stereocenters. The molecular formula is C17H23N3O4. The van der Waals surface area contributed by atoms with Crippen LogP contribution in [0.4, 0.5) is 4.79 Å². The Kier molecular flexibility index (Phi) is 5.78. The molecule has 0 saturated carbocycles. The molecule has 0 spiro atoms. The van der Waals surface area contributed by atoms with E-state index in [4.69, 9.17) is 5.11 Å². The van der Waals surface area contributed by atoms with E-state index in [1.54, 1.807) is 26.8 Å². The average molecular weight is 333 g/mol. The molecule has 0 aromatic heterocycles. The van der Waals surface area contributed by atoms with Crippen LogP contribution in [0.3, 0.4) is 0 Å². The fourth-order valence-electron chi connectivity index (χ4n) is 2.76. The van der Waals surface area contributed by atoms with Gasteiger partial charge in [0.25, 0.3) is 5.91 Å². The summed E-state index contributed by atoms with van der Waals surface area (Å²) in [5.74, 6) is -1.26. The number of nitrogens with zero attached hydrogens (tertiary/aromatic N) is 3. The molecule has 0 unspecified atom stereocenters. The first-order valence-electron chi connectivity index (χ1n) is 8.14. The van der Waals surface area contributed by atoms with Gasteiger partial charge in [-0.15, -0.1) is 0 Å². The van der Waals surface area contributed by atoms with Crippen molar-refractivity contribution in [1.82, 2.24) is 14.7 Å². The summed E-state index contributed by atoms with van der Waals surface area (Å²) in [6.45, 7) is 7.08. The lowest BCUT2D eigenvalue weighted by Gasteiger charge is -2.37. The number of hydrogen-bond donors (Lipinski definition) is 1. The van der Waals surface area contributed by atoms with Crippen LogP contribution in [0.1, 0.15) is 34.6 Å². The van der Waals surface area contributed by atoms with Gasteiger partial charge in [0, 0.05) is 44.8 Å². The zero-order valence-corrected chi connectivity index (χ0v) is 14.1. The van der Waals surface area contributed by atoms with Gasteiger partial charge in [0.2, 0.25) is 0 Å². The van der Waals surface area contributed by atoms with Crippen LogP contribution >= 0.6 is 0 Å². The highest BCUT2D eigenvalue weighted by atomic mass is 16.4. The Balaban J connectivity index is 1.99. The van der Waals surface area contributed by atoms with Crippen molar-refractivity contribution in [3.63, 3.8) is 0 Å². The zero-order valence-electron chi connectivity index (χ0n) is 14.1. The lowest BCUT2D eigenvalue weighted by molar-refractivity contribution is 0.0641. The number of carbonyl (C=O) groups is 3. The van der Waals surface area contributed by atoms with Crippen LogP contribution < -0.4 is 0 Å². The van der Waals surface area contributed by atoms with Crippen molar-refractivity contribution in [2.45, 2.75) is 13.8 Å². The van der Waals surface area contributed by atoms with Crippen molar-refractivity contribution in [2.24, 2.45) is 0 Å². The molecular weight excluding hydrogens is 310 g/mol. The third-order valence-electron chi connectivity index (χ3n) is 4.23. The van der Waals surface area contributed by atoms with Gasteiger partial charge in [-0.3, -0.25) is 4.79 Å². The molecule has 1 heterocycles.